The van der Waals surface area contributed by atoms with Crippen LogP contribution < -0.4 is 4.90 Å². The predicted octanol–water partition coefficient (Wildman–Crippen LogP) is 14.1. The van der Waals surface area contributed by atoms with Crippen molar-refractivity contribution in [3.8, 4) is 33.6 Å². The molecule has 3 aromatic heterocycles. The van der Waals surface area contributed by atoms with Gasteiger partial charge < -0.3 is 14.0 Å². The Morgan fingerprint density at radius 1 is 0.500 bits per heavy atom. The van der Waals surface area contributed by atoms with Crippen molar-refractivity contribution < 1.29 is 0 Å². The zero-order valence-electron chi connectivity index (χ0n) is 31.2. The van der Waals surface area contributed by atoms with E-state index in [1.807, 2.05) is 25.4 Å². The van der Waals surface area contributed by atoms with Gasteiger partial charge in [0.15, 0.2) is 0 Å². The molecule has 0 unspecified atom stereocenters. The number of aromatic nitrogens is 3. The number of allylic oxidation sites excluding steroid dienone is 1. The van der Waals surface area contributed by atoms with Crippen LogP contribution in [0.4, 0.5) is 17.1 Å². The lowest BCUT2D eigenvalue weighted by Crippen LogP contribution is -2.10. The minimum atomic E-state index is 1.08. The summed E-state index contributed by atoms with van der Waals surface area (Å²) >= 11 is 0. The molecular weight excluding hydrogens is 681 g/mol. The van der Waals surface area contributed by atoms with Crippen LogP contribution in [0.3, 0.4) is 0 Å². The standard InChI is InChI=1S/C49H34N4.C3H6/c1-4-11-35(12-5-1)36-18-23-42(24-19-36)52(43-25-20-37(21-26-43)39-13-10-31-50-34-39)44-27-29-47-46(33-44)45-28-22-38-30-32-51(40-14-6-2-7-15-40)48(38)49(45)53(47)41-16-8-3-9-17-41;1-3-2/h1-34H;3H,1H2,2H3. The number of benzene rings is 7. The minimum absolute atomic E-state index is 1.08. The molecule has 268 valence electrons. The molecule has 4 nitrogen and oxygen atoms in total. The SMILES string of the molecule is C=CC.c1ccc(-c2ccc(N(c3ccc(-c4cccnc4)cc3)c3ccc4c(c3)c3ccc5ccn(-c6ccccc6)c5c3n4-c3ccccc3)cc2)cc1. The van der Waals surface area contributed by atoms with E-state index in [2.05, 4.69) is 214 Å². The molecule has 0 aliphatic carbocycles. The second-order valence-corrected chi connectivity index (χ2v) is 13.7. The average molecular weight is 721 g/mol. The third kappa shape index (κ3) is 6.33. The fraction of sp³-hybridized carbons (Fsp3) is 0.0192. The molecule has 3 heterocycles. The van der Waals surface area contributed by atoms with Gasteiger partial charge in [0.05, 0.1) is 16.6 Å². The molecule has 0 fully saturated rings. The van der Waals surface area contributed by atoms with E-state index in [1.54, 1.807) is 6.08 Å². The van der Waals surface area contributed by atoms with Gasteiger partial charge in [0, 0.05) is 63.2 Å². The van der Waals surface area contributed by atoms with Crippen LogP contribution >= 0.6 is 0 Å². The lowest BCUT2D eigenvalue weighted by Gasteiger charge is -2.26. The molecule has 0 radical (unpaired) electrons. The quantitative estimate of drug-likeness (QED) is 0.153. The molecule has 0 aliphatic rings. The molecule has 0 spiro atoms. The Bertz CT molecular complexity index is 2810. The van der Waals surface area contributed by atoms with Crippen molar-refractivity contribution in [3.63, 3.8) is 0 Å². The van der Waals surface area contributed by atoms with Crippen molar-refractivity contribution in [1.29, 1.82) is 0 Å². The van der Waals surface area contributed by atoms with E-state index >= 15 is 0 Å². The molecule has 0 aliphatic heterocycles. The maximum Gasteiger partial charge on any atom is 0.0788 e. The van der Waals surface area contributed by atoms with Crippen molar-refractivity contribution >= 4 is 49.8 Å². The molecule has 0 amide bonds. The van der Waals surface area contributed by atoms with E-state index < -0.39 is 0 Å². The van der Waals surface area contributed by atoms with Crippen LogP contribution in [0.15, 0.2) is 219 Å². The average Bonchev–Trinajstić information content (AvgIpc) is 3.85. The van der Waals surface area contributed by atoms with E-state index in [9.17, 15) is 0 Å². The van der Waals surface area contributed by atoms with Gasteiger partial charge in [-0.15, -0.1) is 6.58 Å². The van der Waals surface area contributed by atoms with Gasteiger partial charge in [-0.25, -0.2) is 0 Å². The first-order valence-electron chi connectivity index (χ1n) is 18.9. The molecule has 0 N–H and O–H groups in total. The maximum absolute atomic E-state index is 4.35. The monoisotopic (exact) mass is 720 g/mol. The summed E-state index contributed by atoms with van der Waals surface area (Å²) in [4.78, 5) is 6.71. The highest BCUT2D eigenvalue weighted by molar-refractivity contribution is 6.19. The zero-order chi connectivity index (χ0) is 37.8. The Balaban J connectivity index is 0.00000133. The summed E-state index contributed by atoms with van der Waals surface area (Å²) in [7, 11) is 0. The highest BCUT2D eigenvalue weighted by Gasteiger charge is 2.21. The van der Waals surface area contributed by atoms with Crippen LogP contribution in [0.5, 0.6) is 0 Å². The molecule has 56 heavy (non-hydrogen) atoms. The molecule has 10 aromatic rings. The largest absolute Gasteiger partial charge is 0.315 e. The normalized spacial score (nSPS) is 11.0. The number of rotatable bonds is 7. The molecule has 0 bridgehead atoms. The number of nitrogens with zero attached hydrogens (tertiary/aromatic N) is 4. The molecule has 0 saturated heterocycles. The molecule has 0 saturated carbocycles. The van der Waals surface area contributed by atoms with Crippen LogP contribution in [0.25, 0.3) is 66.3 Å². The number of para-hydroxylation sites is 2. The number of pyridine rings is 1. The fourth-order valence-corrected chi connectivity index (χ4v) is 7.72. The van der Waals surface area contributed by atoms with Crippen LogP contribution in [-0.4, -0.2) is 14.1 Å². The lowest BCUT2D eigenvalue weighted by molar-refractivity contribution is 1.12. The summed E-state index contributed by atoms with van der Waals surface area (Å²) < 4.78 is 4.75. The van der Waals surface area contributed by atoms with E-state index in [1.165, 1.54) is 38.3 Å². The van der Waals surface area contributed by atoms with Crippen molar-refractivity contribution in [2.24, 2.45) is 0 Å². The van der Waals surface area contributed by atoms with Crippen LogP contribution in [-0.2, 0) is 0 Å². The van der Waals surface area contributed by atoms with Gasteiger partial charge in [-0.3, -0.25) is 4.98 Å². The molecule has 0 atom stereocenters. The lowest BCUT2D eigenvalue weighted by atomic mass is 10.0. The van der Waals surface area contributed by atoms with Gasteiger partial charge >= 0.3 is 0 Å². The van der Waals surface area contributed by atoms with Crippen LogP contribution in [0.2, 0.25) is 0 Å². The predicted molar refractivity (Wildman–Crippen MR) is 237 cm³/mol. The Kier molecular flexibility index (Phi) is 9.28. The summed E-state index contributed by atoms with van der Waals surface area (Å²) in [5, 5.41) is 3.61. The van der Waals surface area contributed by atoms with E-state index in [-0.39, 0.29) is 0 Å². The summed E-state index contributed by atoms with van der Waals surface area (Å²) in [5.41, 5.74) is 13.7. The molecule has 4 heteroatoms. The van der Waals surface area contributed by atoms with Gasteiger partial charge in [0.25, 0.3) is 0 Å². The number of anilines is 3. The van der Waals surface area contributed by atoms with E-state index in [0.717, 1.165) is 45.1 Å². The van der Waals surface area contributed by atoms with Crippen LogP contribution in [0, 0.1) is 0 Å². The Hall–Kier alpha value is -7.43. The zero-order valence-corrected chi connectivity index (χ0v) is 31.2. The van der Waals surface area contributed by atoms with Gasteiger partial charge in [0.1, 0.15) is 0 Å². The molecular formula is C52H40N4. The van der Waals surface area contributed by atoms with E-state index in [4.69, 9.17) is 0 Å². The number of hydrogen-bond acceptors (Lipinski definition) is 2. The van der Waals surface area contributed by atoms with Gasteiger partial charge in [-0.2, -0.15) is 0 Å². The Morgan fingerprint density at radius 2 is 1.05 bits per heavy atom. The van der Waals surface area contributed by atoms with Crippen molar-refractivity contribution in [2.45, 2.75) is 6.92 Å². The first-order valence-corrected chi connectivity index (χ1v) is 18.9. The number of fused-ring (bicyclic) bond motifs is 5. The van der Waals surface area contributed by atoms with Crippen molar-refractivity contribution in [2.75, 3.05) is 4.90 Å². The first-order chi connectivity index (χ1) is 27.7. The topological polar surface area (TPSA) is 26.0 Å². The highest BCUT2D eigenvalue weighted by Crippen LogP contribution is 2.42. The second kappa shape index (κ2) is 15.1. The third-order valence-corrected chi connectivity index (χ3v) is 10.2. The second-order valence-electron chi connectivity index (χ2n) is 13.7. The molecule has 7 aromatic carbocycles. The van der Waals surface area contributed by atoms with E-state index in [0.29, 0.717) is 0 Å². The van der Waals surface area contributed by atoms with Crippen molar-refractivity contribution in [3.05, 3.63) is 219 Å². The van der Waals surface area contributed by atoms with Gasteiger partial charge in [-0.05, 0) is 108 Å². The maximum atomic E-state index is 4.35. The summed E-state index contributed by atoms with van der Waals surface area (Å²) in [6, 6.07) is 67.3. The fourth-order valence-electron chi connectivity index (χ4n) is 7.72. The molecule has 10 rings (SSSR count). The summed E-state index contributed by atoms with van der Waals surface area (Å²) in [6.45, 7) is 5.25. The number of hydrogen-bond donors (Lipinski definition) is 0. The van der Waals surface area contributed by atoms with Gasteiger partial charge in [-0.1, -0.05) is 115 Å². The minimum Gasteiger partial charge on any atom is -0.315 e. The smallest absolute Gasteiger partial charge is 0.0788 e. The Morgan fingerprint density at radius 3 is 1.68 bits per heavy atom. The Labute approximate surface area is 327 Å². The summed E-state index contributed by atoms with van der Waals surface area (Å²) in [5.74, 6) is 0. The first kappa shape index (κ1) is 34.3. The highest BCUT2D eigenvalue weighted by atomic mass is 15.1. The van der Waals surface area contributed by atoms with Crippen molar-refractivity contribution in [1.82, 2.24) is 14.1 Å². The third-order valence-electron chi connectivity index (χ3n) is 10.2. The van der Waals surface area contributed by atoms with Crippen LogP contribution in [0.1, 0.15) is 6.92 Å². The van der Waals surface area contributed by atoms with Gasteiger partial charge in [0.2, 0.25) is 0 Å². The summed E-state index contributed by atoms with van der Waals surface area (Å²) in [6.07, 6.45) is 7.66.